The quantitative estimate of drug-likeness (QED) is 0.760. The van der Waals surface area contributed by atoms with E-state index in [9.17, 15) is 8.78 Å². The van der Waals surface area contributed by atoms with Crippen LogP contribution >= 0.6 is 0 Å². The Balaban J connectivity index is 2.30. The van der Waals surface area contributed by atoms with Crippen LogP contribution in [0.2, 0.25) is 0 Å². The van der Waals surface area contributed by atoms with Crippen molar-refractivity contribution in [2.24, 2.45) is 0 Å². The van der Waals surface area contributed by atoms with Gasteiger partial charge in [0, 0.05) is 0 Å². The number of aromatic nitrogens is 2. The van der Waals surface area contributed by atoms with Crippen molar-refractivity contribution in [1.82, 2.24) is 9.97 Å². The second kappa shape index (κ2) is 4.00. The molecular weight excluding hydrogens is 202 g/mol. The monoisotopic (exact) mass is 208 g/mol. The molecule has 0 saturated carbocycles. The highest BCUT2D eigenvalue weighted by molar-refractivity contribution is 5.28. The molecule has 2 aromatic rings. The highest BCUT2D eigenvalue weighted by atomic mass is 19.1. The van der Waals surface area contributed by atoms with E-state index >= 15 is 0 Å². The van der Waals surface area contributed by atoms with Gasteiger partial charge in [0.2, 0.25) is 5.82 Å². The lowest BCUT2D eigenvalue weighted by molar-refractivity contribution is 0.396. The molecule has 1 aromatic heterocycles. The predicted molar refractivity (Wildman–Crippen MR) is 48.5 cm³/mol. The fraction of sp³-hybridized carbons (Fsp3) is 0. The fourth-order valence-corrected chi connectivity index (χ4v) is 1.01. The first-order valence-electron chi connectivity index (χ1n) is 4.15. The van der Waals surface area contributed by atoms with Crippen LogP contribution in [0.1, 0.15) is 0 Å². The van der Waals surface area contributed by atoms with Gasteiger partial charge in [0.15, 0.2) is 11.6 Å². The highest BCUT2D eigenvalue weighted by Gasteiger charge is 2.08. The van der Waals surface area contributed by atoms with Gasteiger partial charge < -0.3 is 4.74 Å². The van der Waals surface area contributed by atoms with E-state index in [1.54, 1.807) is 6.07 Å². The van der Waals surface area contributed by atoms with E-state index in [0.29, 0.717) is 0 Å². The van der Waals surface area contributed by atoms with Gasteiger partial charge in [-0.25, -0.2) is 9.37 Å². The van der Waals surface area contributed by atoms with Gasteiger partial charge in [0.25, 0.3) is 5.88 Å². The van der Waals surface area contributed by atoms with Gasteiger partial charge in [0.1, 0.15) is 6.33 Å². The molecule has 3 nitrogen and oxygen atoms in total. The van der Waals surface area contributed by atoms with Crippen molar-refractivity contribution in [2.45, 2.75) is 0 Å². The number of nitrogens with zero attached hydrogens (tertiary/aromatic N) is 2. The van der Waals surface area contributed by atoms with Crippen molar-refractivity contribution < 1.29 is 13.5 Å². The summed E-state index contributed by atoms with van der Waals surface area (Å²) in [5.74, 6) is -1.68. The van der Waals surface area contributed by atoms with Crippen molar-refractivity contribution in [3.63, 3.8) is 0 Å². The second-order valence-electron chi connectivity index (χ2n) is 2.71. The number of ether oxygens (including phenoxy) is 1. The Kier molecular flexibility index (Phi) is 2.53. The van der Waals surface area contributed by atoms with Gasteiger partial charge in [-0.1, -0.05) is 12.1 Å². The molecule has 0 amide bonds. The van der Waals surface area contributed by atoms with Crippen molar-refractivity contribution in [3.8, 4) is 11.6 Å². The van der Waals surface area contributed by atoms with E-state index < -0.39 is 11.6 Å². The molecule has 0 unspecified atom stereocenters. The first-order valence-corrected chi connectivity index (χ1v) is 4.15. The van der Waals surface area contributed by atoms with Crippen LogP contribution in [0, 0.1) is 11.6 Å². The summed E-state index contributed by atoms with van der Waals surface area (Å²) in [6, 6.07) is 5.70. The molecule has 0 aliphatic rings. The number of para-hydroxylation sites is 1. The number of hydrogen-bond acceptors (Lipinski definition) is 3. The average Bonchev–Trinajstić information content (AvgIpc) is 2.24. The van der Waals surface area contributed by atoms with Gasteiger partial charge in [-0.2, -0.15) is 9.37 Å². The minimum atomic E-state index is -0.735. The standard InChI is InChI=1S/C10H6F2N2O/c11-7-3-1-2-4-9(7)15-10-8(12)5-13-6-14-10/h1-6H. The zero-order valence-corrected chi connectivity index (χ0v) is 7.52. The Morgan fingerprint density at radius 3 is 2.60 bits per heavy atom. The van der Waals surface area contributed by atoms with E-state index in [0.717, 1.165) is 12.5 Å². The maximum absolute atomic E-state index is 13.1. The Labute approximate surface area is 84.4 Å². The third-order valence-corrected chi connectivity index (χ3v) is 1.68. The molecule has 15 heavy (non-hydrogen) atoms. The lowest BCUT2D eigenvalue weighted by atomic mass is 10.3. The summed E-state index contributed by atoms with van der Waals surface area (Å²) >= 11 is 0. The van der Waals surface area contributed by atoms with Crippen LogP contribution < -0.4 is 4.74 Å². The third kappa shape index (κ3) is 2.07. The van der Waals surface area contributed by atoms with Gasteiger partial charge in [-0.15, -0.1) is 0 Å². The van der Waals surface area contributed by atoms with Crippen molar-refractivity contribution in [3.05, 3.63) is 48.4 Å². The largest absolute Gasteiger partial charge is 0.433 e. The Morgan fingerprint density at radius 1 is 1.07 bits per heavy atom. The van der Waals surface area contributed by atoms with Gasteiger partial charge >= 0.3 is 0 Å². The first kappa shape index (κ1) is 9.51. The minimum absolute atomic E-state index is 0.0740. The molecule has 1 heterocycles. The summed E-state index contributed by atoms with van der Waals surface area (Å²) in [7, 11) is 0. The van der Waals surface area contributed by atoms with Crippen LogP contribution in [-0.4, -0.2) is 9.97 Å². The van der Waals surface area contributed by atoms with Crippen LogP contribution in [0.4, 0.5) is 8.78 Å². The summed E-state index contributed by atoms with van der Waals surface area (Å²) in [6.45, 7) is 0. The van der Waals surface area contributed by atoms with Crippen molar-refractivity contribution >= 4 is 0 Å². The van der Waals surface area contributed by atoms with Gasteiger partial charge in [-0.3, -0.25) is 0 Å². The summed E-state index contributed by atoms with van der Waals surface area (Å²) in [4.78, 5) is 6.99. The van der Waals surface area contributed by atoms with Crippen molar-refractivity contribution in [1.29, 1.82) is 0 Å². The van der Waals surface area contributed by atoms with Crippen LogP contribution in [0.15, 0.2) is 36.8 Å². The molecule has 0 N–H and O–H groups in total. The van der Waals surface area contributed by atoms with Crippen molar-refractivity contribution in [2.75, 3.05) is 0 Å². The molecular formula is C10H6F2N2O. The topological polar surface area (TPSA) is 35.0 Å². The maximum atomic E-state index is 13.1. The lowest BCUT2D eigenvalue weighted by Gasteiger charge is -2.04. The van der Waals surface area contributed by atoms with E-state index in [2.05, 4.69) is 9.97 Å². The number of hydrogen-bond donors (Lipinski definition) is 0. The predicted octanol–water partition coefficient (Wildman–Crippen LogP) is 2.55. The molecule has 0 bridgehead atoms. The first-order chi connectivity index (χ1) is 7.27. The van der Waals surface area contributed by atoms with E-state index in [4.69, 9.17) is 4.74 Å². The molecule has 76 valence electrons. The van der Waals surface area contributed by atoms with Crippen LogP contribution in [0.5, 0.6) is 11.6 Å². The van der Waals surface area contributed by atoms with E-state index in [-0.39, 0.29) is 11.6 Å². The molecule has 0 saturated heterocycles. The van der Waals surface area contributed by atoms with Crippen LogP contribution in [-0.2, 0) is 0 Å². The maximum Gasteiger partial charge on any atom is 0.259 e. The van der Waals surface area contributed by atoms with Crippen LogP contribution in [0.25, 0.3) is 0 Å². The Hall–Kier alpha value is -2.04. The molecule has 0 fully saturated rings. The SMILES string of the molecule is Fc1ccccc1Oc1ncncc1F. The van der Waals surface area contributed by atoms with Gasteiger partial charge in [-0.05, 0) is 12.1 Å². The van der Waals surface area contributed by atoms with E-state index in [1.165, 1.54) is 18.2 Å². The zero-order chi connectivity index (χ0) is 10.7. The molecule has 0 atom stereocenters. The molecule has 0 aliphatic carbocycles. The minimum Gasteiger partial charge on any atom is -0.433 e. The molecule has 1 aromatic carbocycles. The second-order valence-corrected chi connectivity index (χ2v) is 2.71. The normalized spacial score (nSPS) is 10.0. The van der Waals surface area contributed by atoms with Gasteiger partial charge in [0.05, 0.1) is 6.20 Å². The molecule has 0 aliphatic heterocycles. The molecule has 0 spiro atoms. The zero-order valence-electron chi connectivity index (χ0n) is 7.52. The smallest absolute Gasteiger partial charge is 0.259 e. The number of halogens is 2. The summed E-state index contributed by atoms with van der Waals surface area (Å²) in [6.07, 6.45) is 2.07. The third-order valence-electron chi connectivity index (χ3n) is 1.68. The Bertz CT molecular complexity index is 433. The molecule has 5 heteroatoms. The fourth-order valence-electron chi connectivity index (χ4n) is 1.01. The lowest BCUT2D eigenvalue weighted by Crippen LogP contribution is -1.94. The summed E-state index contributed by atoms with van der Waals surface area (Å²) in [5, 5.41) is 0. The Morgan fingerprint density at radius 2 is 1.87 bits per heavy atom. The molecule has 0 radical (unpaired) electrons. The highest BCUT2D eigenvalue weighted by Crippen LogP contribution is 2.23. The van der Waals surface area contributed by atoms with Crippen LogP contribution in [0.3, 0.4) is 0 Å². The summed E-state index contributed by atoms with van der Waals surface area (Å²) < 4.78 is 31.1. The average molecular weight is 208 g/mol. The van der Waals surface area contributed by atoms with E-state index in [1.807, 2.05) is 0 Å². The number of rotatable bonds is 2. The number of benzene rings is 1. The summed E-state index contributed by atoms with van der Waals surface area (Å²) in [5.41, 5.74) is 0. The molecule has 2 rings (SSSR count).